The summed E-state index contributed by atoms with van der Waals surface area (Å²) in [6.45, 7) is 5.17. The Kier molecular flexibility index (Phi) is 5.08. The van der Waals surface area contributed by atoms with E-state index in [0.717, 1.165) is 38.3 Å². The van der Waals surface area contributed by atoms with Gasteiger partial charge >= 0.3 is 0 Å². The van der Waals surface area contributed by atoms with Crippen LogP contribution in [-0.4, -0.2) is 53.9 Å². The summed E-state index contributed by atoms with van der Waals surface area (Å²) in [6.07, 6.45) is 1.56. The number of aromatic nitrogens is 1. The fourth-order valence-electron chi connectivity index (χ4n) is 2.76. The van der Waals surface area contributed by atoms with Crippen molar-refractivity contribution in [2.75, 3.05) is 44.3 Å². The molecule has 3 rings (SSSR count). The molecule has 0 spiro atoms. The van der Waals surface area contributed by atoms with Crippen molar-refractivity contribution in [2.24, 2.45) is 0 Å². The van der Waals surface area contributed by atoms with Crippen molar-refractivity contribution < 1.29 is 4.79 Å². The minimum absolute atomic E-state index is 0.137. The summed E-state index contributed by atoms with van der Waals surface area (Å²) in [6, 6.07) is 11.2. The third-order valence-corrected chi connectivity index (χ3v) is 4.24. The van der Waals surface area contributed by atoms with Crippen molar-refractivity contribution in [1.29, 1.82) is 0 Å². The Bertz CT molecular complexity index is 693. The van der Waals surface area contributed by atoms with Crippen LogP contribution in [0.4, 0.5) is 11.5 Å². The number of pyridine rings is 1. The van der Waals surface area contributed by atoms with E-state index >= 15 is 0 Å². The van der Waals surface area contributed by atoms with Crippen LogP contribution >= 0.6 is 0 Å². The first-order valence-electron chi connectivity index (χ1n) is 8.13. The van der Waals surface area contributed by atoms with E-state index in [-0.39, 0.29) is 5.91 Å². The molecule has 1 amide bonds. The predicted molar refractivity (Wildman–Crippen MR) is 95.8 cm³/mol. The highest BCUT2D eigenvalue weighted by molar-refractivity contribution is 6.04. The van der Waals surface area contributed by atoms with Crippen molar-refractivity contribution in [3.8, 4) is 0 Å². The summed E-state index contributed by atoms with van der Waals surface area (Å²) in [5, 5.41) is 2.84. The molecule has 126 valence electrons. The quantitative estimate of drug-likeness (QED) is 0.894. The molecule has 24 heavy (non-hydrogen) atoms. The van der Waals surface area contributed by atoms with E-state index in [0.29, 0.717) is 17.1 Å². The summed E-state index contributed by atoms with van der Waals surface area (Å²) in [5.74, 6) is 0.295. The highest BCUT2D eigenvalue weighted by atomic mass is 16.1. The average Bonchev–Trinajstić information content (AvgIpc) is 2.59. The van der Waals surface area contributed by atoms with Gasteiger partial charge in [0.15, 0.2) is 0 Å². The number of hydrogen-bond donors (Lipinski definition) is 2. The average molecular weight is 325 g/mol. The predicted octanol–water partition coefficient (Wildman–Crippen LogP) is 1.66. The summed E-state index contributed by atoms with van der Waals surface area (Å²) < 4.78 is 0. The molecule has 1 saturated heterocycles. The molecule has 1 aromatic carbocycles. The molecule has 0 bridgehead atoms. The molecule has 1 aliphatic rings. The van der Waals surface area contributed by atoms with Crippen LogP contribution in [-0.2, 0) is 6.54 Å². The van der Waals surface area contributed by atoms with Crippen molar-refractivity contribution in [2.45, 2.75) is 6.54 Å². The number of carbonyl (C=O) groups excluding carboxylic acids is 1. The molecule has 0 radical (unpaired) electrons. The van der Waals surface area contributed by atoms with E-state index < -0.39 is 0 Å². The van der Waals surface area contributed by atoms with Crippen LogP contribution < -0.4 is 11.1 Å². The van der Waals surface area contributed by atoms with Crippen LogP contribution in [0, 0.1) is 0 Å². The molecule has 1 fully saturated rings. The van der Waals surface area contributed by atoms with Gasteiger partial charge < -0.3 is 16.0 Å². The first kappa shape index (κ1) is 16.4. The molecule has 6 heteroatoms. The van der Waals surface area contributed by atoms with E-state index in [4.69, 9.17) is 5.73 Å². The zero-order valence-corrected chi connectivity index (χ0v) is 13.9. The van der Waals surface area contributed by atoms with Crippen molar-refractivity contribution in [3.63, 3.8) is 0 Å². The lowest BCUT2D eigenvalue weighted by atomic mass is 10.1. The minimum atomic E-state index is -0.137. The smallest absolute Gasteiger partial charge is 0.255 e. The number of anilines is 2. The summed E-state index contributed by atoms with van der Waals surface area (Å²) in [4.78, 5) is 21.1. The Hall–Kier alpha value is -2.44. The molecule has 2 heterocycles. The third-order valence-electron chi connectivity index (χ3n) is 4.24. The maximum absolute atomic E-state index is 12.4. The van der Waals surface area contributed by atoms with E-state index in [2.05, 4.69) is 33.2 Å². The number of nitrogen functional groups attached to an aromatic ring is 1. The Balaban J connectivity index is 1.63. The number of hydrogen-bond acceptors (Lipinski definition) is 5. The Morgan fingerprint density at radius 3 is 2.71 bits per heavy atom. The van der Waals surface area contributed by atoms with Gasteiger partial charge in [-0.15, -0.1) is 0 Å². The number of nitrogens with zero attached hydrogens (tertiary/aromatic N) is 3. The lowest BCUT2D eigenvalue weighted by Gasteiger charge is -2.32. The van der Waals surface area contributed by atoms with Crippen LogP contribution in [0.5, 0.6) is 0 Å². The number of nitrogens with two attached hydrogens (primary N) is 1. The van der Waals surface area contributed by atoms with Gasteiger partial charge in [-0.3, -0.25) is 9.69 Å². The minimum Gasteiger partial charge on any atom is -0.384 e. The number of amides is 1. The fourth-order valence-corrected chi connectivity index (χ4v) is 2.76. The van der Waals surface area contributed by atoms with Gasteiger partial charge in [0.2, 0.25) is 0 Å². The first-order chi connectivity index (χ1) is 11.6. The van der Waals surface area contributed by atoms with E-state index in [1.807, 2.05) is 18.2 Å². The van der Waals surface area contributed by atoms with Crippen LogP contribution in [0.15, 0.2) is 42.6 Å². The highest BCUT2D eigenvalue weighted by Gasteiger charge is 2.14. The monoisotopic (exact) mass is 325 g/mol. The molecule has 6 nitrogen and oxygen atoms in total. The van der Waals surface area contributed by atoms with E-state index in [1.165, 1.54) is 0 Å². The Morgan fingerprint density at radius 2 is 2.00 bits per heavy atom. The first-order valence-corrected chi connectivity index (χ1v) is 8.13. The number of carbonyl (C=O) groups is 1. The van der Waals surface area contributed by atoms with Gasteiger partial charge in [-0.2, -0.15) is 0 Å². The molecule has 0 saturated carbocycles. The zero-order chi connectivity index (χ0) is 16.9. The van der Waals surface area contributed by atoms with Crippen molar-refractivity contribution in [3.05, 3.63) is 53.7 Å². The number of nitrogens with one attached hydrogen (secondary N) is 1. The maximum Gasteiger partial charge on any atom is 0.255 e. The second-order valence-electron chi connectivity index (χ2n) is 6.21. The summed E-state index contributed by atoms with van der Waals surface area (Å²) in [5.41, 5.74) is 8.00. The lowest BCUT2D eigenvalue weighted by Crippen LogP contribution is -2.43. The number of likely N-dealkylation sites (N-methyl/N-ethyl adjacent to an activating group) is 1. The van der Waals surface area contributed by atoms with Gasteiger partial charge in [-0.1, -0.05) is 12.1 Å². The number of piperazine rings is 1. The Morgan fingerprint density at radius 1 is 1.21 bits per heavy atom. The van der Waals surface area contributed by atoms with Crippen LogP contribution in [0.2, 0.25) is 0 Å². The summed E-state index contributed by atoms with van der Waals surface area (Å²) >= 11 is 0. The molecule has 3 N–H and O–H groups in total. The molecule has 1 aliphatic heterocycles. The van der Waals surface area contributed by atoms with Gasteiger partial charge in [0, 0.05) is 38.3 Å². The van der Waals surface area contributed by atoms with E-state index in [9.17, 15) is 4.79 Å². The van der Waals surface area contributed by atoms with E-state index in [1.54, 1.807) is 18.3 Å². The largest absolute Gasteiger partial charge is 0.384 e. The van der Waals surface area contributed by atoms with Gasteiger partial charge in [0.05, 0.1) is 11.9 Å². The fraction of sp³-hybridized carbons (Fsp3) is 0.333. The molecular weight excluding hydrogens is 302 g/mol. The van der Waals surface area contributed by atoms with Crippen LogP contribution in [0.25, 0.3) is 0 Å². The second-order valence-corrected chi connectivity index (χ2v) is 6.21. The molecule has 0 unspecified atom stereocenters. The second kappa shape index (κ2) is 7.42. The van der Waals surface area contributed by atoms with Gasteiger partial charge in [-0.05, 0) is 36.9 Å². The van der Waals surface area contributed by atoms with Gasteiger partial charge in [0.25, 0.3) is 5.91 Å². The zero-order valence-electron chi connectivity index (χ0n) is 13.9. The number of benzene rings is 1. The standard InChI is InChI=1S/C18H23N5O/c1-22-7-9-23(10-8-22)13-14-3-2-4-15(11-14)18(24)21-16-5-6-17(19)20-12-16/h2-6,11-12H,7-10,13H2,1H3,(H2,19,20)(H,21,24). The van der Waals surface area contributed by atoms with Crippen molar-refractivity contribution >= 4 is 17.4 Å². The van der Waals surface area contributed by atoms with Crippen LogP contribution in [0.3, 0.4) is 0 Å². The van der Waals surface area contributed by atoms with Gasteiger partial charge in [0.1, 0.15) is 5.82 Å². The van der Waals surface area contributed by atoms with Gasteiger partial charge in [-0.25, -0.2) is 4.98 Å². The summed E-state index contributed by atoms with van der Waals surface area (Å²) in [7, 11) is 2.15. The number of rotatable bonds is 4. The van der Waals surface area contributed by atoms with Crippen LogP contribution in [0.1, 0.15) is 15.9 Å². The molecular formula is C18H23N5O. The Labute approximate surface area is 142 Å². The molecule has 0 aliphatic carbocycles. The molecule has 2 aromatic rings. The molecule has 0 atom stereocenters. The molecule has 1 aromatic heterocycles. The highest BCUT2D eigenvalue weighted by Crippen LogP contribution is 2.13. The topological polar surface area (TPSA) is 74.5 Å². The normalized spacial score (nSPS) is 16.0. The third kappa shape index (κ3) is 4.31. The maximum atomic E-state index is 12.4. The lowest BCUT2D eigenvalue weighted by molar-refractivity contribution is 0.102. The SMILES string of the molecule is CN1CCN(Cc2cccc(C(=O)Nc3ccc(N)nc3)c2)CC1. The van der Waals surface area contributed by atoms with Crippen molar-refractivity contribution in [1.82, 2.24) is 14.8 Å².